The summed E-state index contributed by atoms with van der Waals surface area (Å²) in [6.45, 7) is 4.24. The van der Waals surface area contributed by atoms with Crippen LogP contribution in [0.25, 0.3) is 0 Å². The maximum Gasteiger partial charge on any atom is 0.118 e. The first kappa shape index (κ1) is 14.6. The van der Waals surface area contributed by atoms with E-state index < -0.39 is 0 Å². The molecule has 2 aromatic carbocycles. The van der Waals surface area contributed by atoms with E-state index in [-0.39, 0.29) is 6.04 Å². The molecule has 0 aromatic heterocycles. The number of nitrogens with one attached hydrogen (secondary N) is 1. The fourth-order valence-corrected chi connectivity index (χ4v) is 2.25. The van der Waals surface area contributed by atoms with Gasteiger partial charge in [0, 0.05) is 6.04 Å². The molecule has 20 heavy (non-hydrogen) atoms. The second-order valence-electron chi connectivity index (χ2n) is 5.12. The lowest BCUT2D eigenvalue weighted by atomic mass is 9.96. The van der Waals surface area contributed by atoms with Gasteiger partial charge in [0.2, 0.25) is 0 Å². The van der Waals surface area contributed by atoms with Crippen molar-refractivity contribution in [1.29, 1.82) is 0 Å². The number of nitrogens with two attached hydrogens (primary N) is 1. The summed E-state index contributed by atoms with van der Waals surface area (Å²) in [5, 5.41) is 0. The summed E-state index contributed by atoms with van der Waals surface area (Å²) >= 11 is 0. The quantitative estimate of drug-likeness (QED) is 0.648. The van der Waals surface area contributed by atoms with Gasteiger partial charge in [-0.1, -0.05) is 30.3 Å². The Hall–Kier alpha value is -1.84. The summed E-state index contributed by atoms with van der Waals surface area (Å²) in [5.74, 6) is 6.59. The van der Waals surface area contributed by atoms with E-state index in [1.165, 1.54) is 22.3 Å². The standard InChI is InChI=1S/C17H22N2O/c1-12-4-7-15(10-13(12)2)17(19-18)11-14-5-8-16(20-3)9-6-14/h4-10,17,19H,11,18H2,1-3H3. The van der Waals surface area contributed by atoms with Crippen molar-refractivity contribution in [3.63, 3.8) is 0 Å². The van der Waals surface area contributed by atoms with E-state index in [1.54, 1.807) is 7.11 Å². The molecule has 1 atom stereocenters. The van der Waals surface area contributed by atoms with Gasteiger partial charge in [0.25, 0.3) is 0 Å². The number of benzene rings is 2. The van der Waals surface area contributed by atoms with Crippen molar-refractivity contribution < 1.29 is 4.74 Å². The van der Waals surface area contributed by atoms with E-state index in [1.807, 2.05) is 12.1 Å². The van der Waals surface area contributed by atoms with Crippen LogP contribution in [0.2, 0.25) is 0 Å². The molecule has 0 aliphatic carbocycles. The third kappa shape index (κ3) is 3.38. The first-order valence-corrected chi connectivity index (χ1v) is 6.80. The fourth-order valence-electron chi connectivity index (χ4n) is 2.25. The third-order valence-corrected chi connectivity index (χ3v) is 3.73. The van der Waals surface area contributed by atoms with Crippen LogP contribution in [-0.4, -0.2) is 7.11 Å². The number of methoxy groups -OCH3 is 1. The second-order valence-corrected chi connectivity index (χ2v) is 5.12. The first-order chi connectivity index (χ1) is 9.63. The van der Waals surface area contributed by atoms with Crippen LogP contribution >= 0.6 is 0 Å². The molecular weight excluding hydrogens is 248 g/mol. The highest BCUT2D eigenvalue weighted by molar-refractivity contribution is 5.33. The molecule has 0 aliphatic rings. The Balaban J connectivity index is 2.16. The molecule has 0 spiro atoms. The largest absolute Gasteiger partial charge is 0.497 e. The van der Waals surface area contributed by atoms with Crippen molar-refractivity contribution in [1.82, 2.24) is 5.43 Å². The van der Waals surface area contributed by atoms with Crippen molar-refractivity contribution in [2.75, 3.05) is 7.11 Å². The maximum absolute atomic E-state index is 5.72. The molecule has 0 aliphatic heterocycles. The average Bonchev–Trinajstić information content (AvgIpc) is 2.48. The van der Waals surface area contributed by atoms with Crippen molar-refractivity contribution in [3.8, 4) is 5.75 Å². The zero-order valence-electron chi connectivity index (χ0n) is 12.3. The average molecular weight is 270 g/mol. The monoisotopic (exact) mass is 270 g/mol. The lowest BCUT2D eigenvalue weighted by Crippen LogP contribution is -2.29. The molecule has 0 fully saturated rings. The van der Waals surface area contributed by atoms with Gasteiger partial charge in [-0.15, -0.1) is 0 Å². The fraction of sp³-hybridized carbons (Fsp3) is 0.294. The molecule has 0 bridgehead atoms. The zero-order chi connectivity index (χ0) is 14.5. The van der Waals surface area contributed by atoms with Gasteiger partial charge < -0.3 is 4.74 Å². The minimum atomic E-state index is 0.114. The molecule has 0 saturated heterocycles. The van der Waals surface area contributed by atoms with Gasteiger partial charge in [-0.05, 0) is 54.7 Å². The molecule has 0 radical (unpaired) electrons. The van der Waals surface area contributed by atoms with E-state index in [9.17, 15) is 0 Å². The summed E-state index contributed by atoms with van der Waals surface area (Å²) in [7, 11) is 1.67. The number of ether oxygens (including phenoxy) is 1. The normalized spacial score (nSPS) is 12.2. The van der Waals surface area contributed by atoms with Gasteiger partial charge in [0.05, 0.1) is 7.11 Å². The summed E-state index contributed by atoms with van der Waals surface area (Å²) in [4.78, 5) is 0. The van der Waals surface area contributed by atoms with Gasteiger partial charge in [-0.2, -0.15) is 0 Å². The van der Waals surface area contributed by atoms with Gasteiger partial charge in [0.15, 0.2) is 0 Å². The number of hydrazine groups is 1. The Kier molecular flexibility index (Phi) is 4.77. The van der Waals surface area contributed by atoms with Crippen LogP contribution < -0.4 is 16.0 Å². The predicted molar refractivity (Wildman–Crippen MR) is 82.7 cm³/mol. The second kappa shape index (κ2) is 6.55. The summed E-state index contributed by atoms with van der Waals surface area (Å²) in [6, 6.07) is 14.7. The number of rotatable bonds is 5. The highest BCUT2D eigenvalue weighted by atomic mass is 16.5. The van der Waals surface area contributed by atoms with Crippen LogP contribution in [0.15, 0.2) is 42.5 Å². The molecule has 0 saturated carbocycles. The van der Waals surface area contributed by atoms with E-state index in [0.29, 0.717) is 0 Å². The molecule has 3 N–H and O–H groups in total. The SMILES string of the molecule is COc1ccc(CC(NN)c2ccc(C)c(C)c2)cc1. The summed E-state index contributed by atoms with van der Waals surface area (Å²) in [6.07, 6.45) is 0.850. The lowest BCUT2D eigenvalue weighted by molar-refractivity contribution is 0.414. The number of hydrogen-bond acceptors (Lipinski definition) is 3. The number of aryl methyl sites for hydroxylation is 2. The summed E-state index contributed by atoms with van der Waals surface area (Å²) in [5.41, 5.74) is 7.94. The lowest BCUT2D eigenvalue weighted by Gasteiger charge is -2.18. The molecule has 3 heteroatoms. The molecule has 2 aromatic rings. The third-order valence-electron chi connectivity index (χ3n) is 3.73. The topological polar surface area (TPSA) is 47.3 Å². The molecule has 0 heterocycles. The predicted octanol–water partition coefficient (Wildman–Crippen LogP) is 3.06. The molecule has 0 amide bonds. The Morgan fingerprint density at radius 1 is 1.05 bits per heavy atom. The Labute approximate surface area is 120 Å². The minimum absolute atomic E-state index is 0.114. The van der Waals surface area contributed by atoms with Gasteiger partial charge >= 0.3 is 0 Å². The van der Waals surface area contributed by atoms with Gasteiger partial charge in [-0.3, -0.25) is 11.3 Å². The number of hydrogen-bond donors (Lipinski definition) is 2. The highest BCUT2D eigenvalue weighted by Gasteiger charge is 2.11. The van der Waals surface area contributed by atoms with Crippen LogP contribution in [0.3, 0.4) is 0 Å². The van der Waals surface area contributed by atoms with Crippen molar-refractivity contribution >= 4 is 0 Å². The van der Waals surface area contributed by atoms with Crippen LogP contribution in [-0.2, 0) is 6.42 Å². The molecular formula is C17H22N2O. The van der Waals surface area contributed by atoms with E-state index in [0.717, 1.165) is 12.2 Å². The highest BCUT2D eigenvalue weighted by Crippen LogP contribution is 2.21. The van der Waals surface area contributed by atoms with E-state index >= 15 is 0 Å². The van der Waals surface area contributed by atoms with Crippen molar-refractivity contribution in [3.05, 3.63) is 64.7 Å². The smallest absolute Gasteiger partial charge is 0.118 e. The van der Waals surface area contributed by atoms with E-state index in [2.05, 4.69) is 49.6 Å². The van der Waals surface area contributed by atoms with Crippen molar-refractivity contribution in [2.45, 2.75) is 26.3 Å². The Bertz CT molecular complexity index is 564. The molecule has 2 rings (SSSR count). The maximum atomic E-state index is 5.72. The van der Waals surface area contributed by atoms with Crippen LogP contribution in [0.4, 0.5) is 0 Å². The van der Waals surface area contributed by atoms with Gasteiger partial charge in [0.1, 0.15) is 5.75 Å². The van der Waals surface area contributed by atoms with Crippen molar-refractivity contribution in [2.24, 2.45) is 5.84 Å². The minimum Gasteiger partial charge on any atom is -0.497 e. The van der Waals surface area contributed by atoms with Gasteiger partial charge in [-0.25, -0.2) is 0 Å². The molecule has 106 valence electrons. The van der Waals surface area contributed by atoms with Crippen LogP contribution in [0.5, 0.6) is 5.75 Å². The molecule has 1 unspecified atom stereocenters. The summed E-state index contributed by atoms with van der Waals surface area (Å²) < 4.78 is 5.17. The Morgan fingerprint density at radius 3 is 2.30 bits per heavy atom. The first-order valence-electron chi connectivity index (χ1n) is 6.80. The van der Waals surface area contributed by atoms with E-state index in [4.69, 9.17) is 10.6 Å². The van der Waals surface area contributed by atoms with Crippen LogP contribution in [0, 0.1) is 13.8 Å². The zero-order valence-corrected chi connectivity index (χ0v) is 12.3. The molecule has 3 nitrogen and oxygen atoms in total. The van der Waals surface area contributed by atoms with Crippen LogP contribution in [0.1, 0.15) is 28.3 Å². The Morgan fingerprint density at radius 2 is 1.75 bits per heavy atom.